The number of rotatable bonds is 11. The SMILES string of the molecule is CCCN(CC(=O)N(Cc1ccc2c(c1)OCO2)Cc1ccco1)C(=O)/C=C/c1ccc([N+](=O)[O-])cc1. The highest BCUT2D eigenvalue weighted by molar-refractivity contribution is 5.94. The van der Waals surface area contributed by atoms with E-state index in [0.717, 1.165) is 5.56 Å². The summed E-state index contributed by atoms with van der Waals surface area (Å²) in [4.78, 5) is 39.8. The zero-order valence-corrected chi connectivity index (χ0v) is 20.4. The van der Waals surface area contributed by atoms with Crippen LogP contribution in [-0.2, 0) is 22.7 Å². The van der Waals surface area contributed by atoms with E-state index in [1.807, 2.05) is 25.1 Å². The molecule has 0 bridgehead atoms. The third kappa shape index (κ3) is 6.75. The number of fused-ring (bicyclic) bond motifs is 1. The molecule has 1 aromatic heterocycles. The number of hydrogen-bond acceptors (Lipinski definition) is 7. The number of nitrogens with zero attached hydrogens (tertiary/aromatic N) is 3. The first-order chi connectivity index (χ1) is 17.9. The van der Waals surface area contributed by atoms with Gasteiger partial charge in [-0.3, -0.25) is 19.7 Å². The molecule has 0 aliphatic carbocycles. The predicted molar refractivity (Wildman–Crippen MR) is 135 cm³/mol. The van der Waals surface area contributed by atoms with E-state index in [2.05, 4.69) is 0 Å². The minimum absolute atomic E-state index is 0.0270. The van der Waals surface area contributed by atoms with E-state index in [-0.39, 0.29) is 37.4 Å². The fourth-order valence-corrected chi connectivity index (χ4v) is 3.86. The summed E-state index contributed by atoms with van der Waals surface area (Å²) in [6.45, 7) is 2.92. The Morgan fingerprint density at radius 1 is 1.03 bits per heavy atom. The Morgan fingerprint density at radius 2 is 1.81 bits per heavy atom. The molecular formula is C27H27N3O7. The Morgan fingerprint density at radius 3 is 2.51 bits per heavy atom. The highest BCUT2D eigenvalue weighted by Gasteiger charge is 2.22. The molecule has 0 spiro atoms. The quantitative estimate of drug-likeness (QED) is 0.215. The summed E-state index contributed by atoms with van der Waals surface area (Å²) in [5.74, 6) is 1.35. The van der Waals surface area contributed by atoms with Gasteiger partial charge in [-0.25, -0.2) is 0 Å². The number of carbonyl (C=O) groups excluding carboxylic acids is 2. The van der Waals surface area contributed by atoms with Crippen molar-refractivity contribution in [1.82, 2.24) is 9.80 Å². The molecule has 3 aromatic rings. The average molecular weight is 506 g/mol. The number of furan rings is 1. The van der Waals surface area contributed by atoms with Crippen LogP contribution < -0.4 is 9.47 Å². The molecule has 0 N–H and O–H groups in total. The van der Waals surface area contributed by atoms with Gasteiger partial charge in [0.25, 0.3) is 5.69 Å². The molecule has 192 valence electrons. The van der Waals surface area contributed by atoms with Gasteiger partial charge < -0.3 is 23.7 Å². The maximum Gasteiger partial charge on any atom is 0.269 e. The second-order valence-corrected chi connectivity index (χ2v) is 8.46. The second kappa shape index (κ2) is 11.9. The van der Waals surface area contributed by atoms with Crippen molar-refractivity contribution in [2.75, 3.05) is 19.9 Å². The van der Waals surface area contributed by atoms with Gasteiger partial charge in [0.05, 0.1) is 17.7 Å². The van der Waals surface area contributed by atoms with Crippen molar-refractivity contribution in [3.63, 3.8) is 0 Å². The Labute approximate surface area is 213 Å². The summed E-state index contributed by atoms with van der Waals surface area (Å²) in [6.07, 6.45) is 5.17. The van der Waals surface area contributed by atoms with E-state index in [1.54, 1.807) is 41.5 Å². The lowest BCUT2D eigenvalue weighted by Crippen LogP contribution is -2.42. The van der Waals surface area contributed by atoms with Gasteiger partial charge in [0.2, 0.25) is 18.6 Å². The van der Waals surface area contributed by atoms with Crippen molar-refractivity contribution < 1.29 is 28.4 Å². The molecule has 1 aliphatic heterocycles. The van der Waals surface area contributed by atoms with Crippen LogP contribution >= 0.6 is 0 Å². The van der Waals surface area contributed by atoms with Crippen molar-refractivity contribution in [1.29, 1.82) is 0 Å². The first-order valence-electron chi connectivity index (χ1n) is 11.8. The highest BCUT2D eigenvalue weighted by atomic mass is 16.7. The largest absolute Gasteiger partial charge is 0.467 e. The standard InChI is InChI=1S/C27H27N3O7/c1-2-13-28(26(31)12-8-20-5-9-22(10-6-20)30(33)34)18-27(32)29(17-23-4-3-14-35-23)16-21-7-11-24-25(15-21)37-19-36-24/h3-12,14-15H,2,13,16-19H2,1H3/b12-8+. The number of ether oxygens (including phenoxy) is 2. The molecule has 37 heavy (non-hydrogen) atoms. The molecule has 2 amide bonds. The Bertz CT molecular complexity index is 1270. The summed E-state index contributed by atoms with van der Waals surface area (Å²) >= 11 is 0. The molecule has 4 rings (SSSR count). The van der Waals surface area contributed by atoms with Gasteiger partial charge >= 0.3 is 0 Å². The van der Waals surface area contributed by atoms with Crippen LogP contribution in [0, 0.1) is 10.1 Å². The van der Waals surface area contributed by atoms with Gasteiger partial charge in [-0.2, -0.15) is 0 Å². The van der Waals surface area contributed by atoms with Crippen molar-refractivity contribution in [3.05, 3.63) is 93.9 Å². The van der Waals surface area contributed by atoms with Gasteiger partial charge in [0, 0.05) is 31.3 Å². The summed E-state index contributed by atoms with van der Waals surface area (Å²) in [5, 5.41) is 10.8. The zero-order chi connectivity index (χ0) is 26.2. The van der Waals surface area contributed by atoms with Crippen molar-refractivity contribution >= 4 is 23.6 Å². The molecule has 0 saturated carbocycles. The summed E-state index contributed by atoms with van der Waals surface area (Å²) in [7, 11) is 0. The van der Waals surface area contributed by atoms with Crippen LogP contribution in [0.25, 0.3) is 6.08 Å². The Hall–Kier alpha value is -4.60. The Balaban J connectivity index is 1.46. The molecule has 10 heteroatoms. The van der Waals surface area contributed by atoms with E-state index in [9.17, 15) is 19.7 Å². The summed E-state index contributed by atoms with van der Waals surface area (Å²) < 4.78 is 16.3. The lowest BCUT2D eigenvalue weighted by Gasteiger charge is -2.26. The summed E-state index contributed by atoms with van der Waals surface area (Å²) in [6, 6.07) is 14.9. The number of amides is 2. The lowest BCUT2D eigenvalue weighted by atomic mass is 10.1. The van der Waals surface area contributed by atoms with Crippen LogP contribution in [0.15, 0.2) is 71.4 Å². The number of benzene rings is 2. The van der Waals surface area contributed by atoms with Crippen LogP contribution in [0.5, 0.6) is 11.5 Å². The fourth-order valence-electron chi connectivity index (χ4n) is 3.86. The predicted octanol–water partition coefficient (Wildman–Crippen LogP) is 4.40. The molecule has 0 unspecified atom stereocenters. The van der Waals surface area contributed by atoms with Crippen molar-refractivity contribution in [2.24, 2.45) is 0 Å². The molecule has 1 aliphatic rings. The first kappa shape index (κ1) is 25.5. The maximum atomic E-state index is 13.4. The third-order valence-electron chi connectivity index (χ3n) is 5.74. The van der Waals surface area contributed by atoms with E-state index in [4.69, 9.17) is 13.9 Å². The molecule has 10 nitrogen and oxygen atoms in total. The monoisotopic (exact) mass is 505 g/mol. The van der Waals surface area contributed by atoms with Crippen molar-refractivity contribution in [2.45, 2.75) is 26.4 Å². The van der Waals surface area contributed by atoms with Crippen LogP contribution in [0.2, 0.25) is 0 Å². The Kier molecular flexibility index (Phi) is 8.19. The number of non-ortho nitro benzene ring substituents is 1. The smallest absolute Gasteiger partial charge is 0.269 e. The van der Waals surface area contributed by atoms with Crippen LogP contribution in [-0.4, -0.2) is 46.4 Å². The van der Waals surface area contributed by atoms with Gasteiger partial charge in [-0.1, -0.05) is 13.0 Å². The van der Waals surface area contributed by atoms with E-state index < -0.39 is 4.92 Å². The molecule has 0 saturated heterocycles. The molecule has 0 atom stereocenters. The highest BCUT2D eigenvalue weighted by Crippen LogP contribution is 2.33. The van der Waals surface area contributed by atoms with Crippen molar-refractivity contribution in [3.8, 4) is 11.5 Å². The first-order valence-corrected chi connectivity index (χ1v) is 11.8. The number of hydrogen-bond donors (Lipinski definition) is 0. The van der Waals surface area contributed by atoms with Crippen LogP contribution in [0.4, 0.5) is 5.69 Å². The average Bonchev–Trinajstić information content (AvgIpc) is 3.58. The second-order valence-electron chi connectivity index (χ2n) is 8.46. The van der Waals surface area contributed by atoms with Crippen LogP contribution in [0.3, 0.4) is 0 Å². The molecule has 2 heterocycles. The van der Waals surface area contributed by atoms with Gasteiger partial charge in [0.1, 0.15) is 12.3 Å². The normalized spacial score (nSPS) is 12.0. The van der Waals surface area contributed by atoms with Gasteiger partial charge in [0.15, 0.2) is 11.5 Å². The maximum absolute atomic E-state index is 13.4. The third-order valence-corrected chi connectivity index (χ3v) is 5.74. The molecular weight excluding hydrogens is 478 g/mol. The lowest BCUT2D eigenvalue weighted by molar-refractivity contribution is -0.384. The van der Waals surface area contributed by atoms with E-state index in [1.165, 1.54) is 23.1 Å². The minimum Gasteiger partial charge on any atom is -0.467 e. The number of nitro benzene ring substituents is 1. The molecule has 2 aromatic carbocycles. The van der Waals surface area contributed by atoms with Gasteiger partial charge in [-0.05, 0) is 60.0 Å². The number of nitro groups is 1. The van der Waals surface area contributed by atoms with Gasteiger partial charge in [-0.15, -0.1) is 0 Å². The van der Waals surface area contributed by atoms with E-state index >= 15 is 0 Å². The topological polar surface area (TPSA) is 115 Å². The minimum atomic E-state index is -0.481. The van der Waals surface area contributed by atoms with Crippen LogP contribution in [0.1, 0.15) is 30.2 Å². The van der Waals surface area contributed by atoms with E-state index in [0.29, 0.717) is 42.3 Å². The summed E-state index contributed by atoms with van der Waals surface area (Å²) in [5.41, 5.74) is 1.47. The fraction of sp³-hybridized carbons (Fsp3) is 0.259. The zero-order valence-electron chi connectivity index (χ0n) is 20.4. The number of carbonyl (C=O) groups is 2. The molecule has 0 fully saturated rings. The molecule has 0 radical (unpaired) electrons.